The predicted molar refractivity (Wildman–Crippen MR) is 82.8 cm³/mol. The molecule has 0 aromatic heterocycles. The second kappa shape index (κ2) is 6.57. The lowest BCUT2D eigenvalue weighted by atomic mass is 10.1. The third-order valence-corrected chi connectivity index (χ3v) is 3.86. The van der Waals surface area contributed by atoms with E-state index in [0.29, 0.717) is 16.0 Å². The van der Waals surface area contributed by atoms with Crippen LogP contribution in [-0.4, -0.2) is 0 Å². The first-order chi connectivity index (χ1) is 9.51. The quantitative estimate of drug-likeness (QED) is 0.738. The number of benzene rings is 2. The highest BCUT2D eigenvalue weighted by Gasteiger charge is 2.09. The summed E-state index contributed by atoms with van der Waals surface area (Å²) in [7, 11) is 0. The number of hydrogen-bond donors (Lipinski definition) is 1. The van der Waals surface area contributed by atoms with Gasteiger partial charge in [-0.2, -0.15) is 0 Å². The molecule has 2 rings (SSSR count). The molecule has 0 saturated carbocycles. The first-order valence-corrected chi connectivity index (χ1v) is 7.36. The molecule has 2 nitrogen and oxygen atoms in total. The molecule has 0 bridgehead atoms. The molecule has 0 radical (unpaired) electrons. The highest BCUT2D eigenvalue weighted by Crippen LogP contribution is 2.34. The molecule has 0 aliphatic carbocycles. The summed E-state index contributed by atoms with van der Waals surface area (Å²) < 4.78 is 19.7. The van der Waals surface area contributed by atoms with Crippen LogP contribution in [0.15, 0.2) is 40.9 Å². The second-order valence-corrected chi connectivity index (χ2v) is 5.64. The first-order valence-electron chi connectivity index (χ1n) is 6.19. The standard InChI is InChI=1S/C15H14BrClFNO/c1-2-14(19)9-3-5-10(6-4-9)20-15-8-13(18)12(17)7-11(15)16/h3-8,14H,2,19H2,1H3. The van der Waals surface area contributed by atoms with Gasteiger partial charge in [-0.25, -0.2) is 4.39 Å². The number of ether oxygens (including phenoxy) is 1. The average Bonchev–Trinajstić information content (AvgIpc) is 2.44. The number of halogens is 3. The van der Waals surface area contributed by atoms with Gasteiger partial charge >= 0.3 is 0 Å². The number of rotatable bonds is 4. The molecule has 0 heterocycles. The summed E-state index contributed by atoms with van der Waals surface area (Å²) in [6, 6.07) is 10.2. The van der Waals surface area contributed by atoms with E-state index in [9.17, 15) is 4.39 Å². The molecule has 0 aliphatic rings. The van der Waals surface area contributed by atoms with Crippen LogP contribution < -0.4 is 10.5 Å². The normalized spacial score (nSPS) is 12.2. The van der Waals surface area contributed by atoms with E-state index >= 15 is 0 Å². The Labute approximate surface area is 130 Å². The van der Waals surface area contributed by atoms with Crippen molar-refractivity contribution in [1.82, 2.24) is 0 Å². The Balaban J connectivity index is 2.20. The summed E-state index contributed by atoms with van der Waals surface area (Å²) in [5.74, 6) is 0.466. The van der Waals surface area contributed by atoms with Gasteiger partial charge in [-0.1, -0.05) is 30.7 Å². The highest BCUT2D eigenvalue weighted by molar-refractivity contribution is 9.10. The highest BCUT2D eigenvalue weighted by atomic mass is 79.9. The summed E-state index contributed by atoms with van der Waals surface area (Å²) >= 11 is 8.98. The van der Waals surface area contributed by atoms with E-state index < -0.39 is 5.82 Å². The van der Waals surface area contributed by atoms with Gasteiger partial charge in [-0.3, -0.25) is 0 Å². The maximum Gasteiger partial charge on any atom is 0.145 e. The minimum atomic E-state index is -0.519. The molecule has 5 heteroatoms. The minimum Gasteiger partial charge on any atom is -0.456 e. The molecule has 1 atom stereocenters. The van der Waals surface area contributed by atoms with E-state index in [1.54, 1.807) is 0 Å². The van der Waals surface area contributed by atoms with Crippen LogP contribution in [0.25, 0.3) is 0 Å². The van der Waals surface area contributed by atoms with Crippen molar-refractivity contribution in [3.05, 3.63) is 57.3 Å². The molecule has 2 aromatic carbocycles. The lowest BCUT2D eigenvalue weighted by Gasteiger charge is -2.12. The van der Waals surface area contributed by atoms with Crippen molar-refractivity contribution in [3.63, 3.8) is 0 Å². The summed E-state index contributed by atoms with van der Waals surface area (Å²) in [6.45, 7) is 2.03. The smallest absolute Gasteiger partial charge is 0.145 e. The van der Waals surface area contributed by atoms with Gasteiger partial charge in [-0.05, 0) is 46.1 Å². The van der Waals surface area contributed by atoms with Gasteiger partial charge in [0, 0.05) is 12.1 Å². The second-order valence-electron chi connectivity index (χ2n) is 4.38. The van der Waals surface area contributed by atoms with Gasteiger partial charge in [0.25, 0.3) is 0 Å². The zero-order chi connectivity index (χ0) is 14.7. The molecular formula is C15H14BrClFNO. The Kier molecular flexibility index (Phi) is 5.02. The van der Waals surface area contributed by atoms with E-state index in [2.05, 4.69) is 15.9 Å². The van der Waals surface area contributed by atoms with Crippen molar-refractivity contribution in [2.24, 2.45) is 5.73 Å². The van der Waals surface area contributed by atoms with Crippen LogP contribution in [0.3, 0.4) is 0 Å². The largest absolute Gasteiger partial charge is 0.456 e. The van der Waals surface area contributed by atoms with Crippen LogP contribution in [0, 0.1) is 5.82 Å². The summed E-state index contributed by atoms with van der Waals surface area (Å²) in [6.07, 6.45) is 0.869. The topological polar surface area (TPSA) is 35.2 Å². The zero-order valence-electron chi connectivity index (χ0n) is 10.9. The average molecular weight is 359 g/mol. The van der Waals surface area contributed by atoms with Crippen molar-refractivity contribution >= 4 is 27.5 Å². The van der Waals surface area contributed by atoms with Crippen LogP contribution in [0.1, 0.15) is 24.9 Å². The van der Waals surface area contributed by atoms with Gasteiger partial charge in [-0.15, -0.1) is 0 Å². The van der Waals surface area contributed by atoms with Gasteiger partial charge in [0.1, 0.15) is 17.3 Å². The van der Waals surface area contributed by atoms with Gasteiger partial charge in [0.05, 0.1) is 9.50 Å². The van der Waals surface area contributed by atoms with Crippen LogP contribution in [0.4, 0.5) is 4.39 Å². The van der Waals surface area contributed by atoms with E-state index in [1.807, 2.05) is 31.2 Å². The monoisotopic (exact) mass is 357 g/mol. The zero-order valence-corrected chi connectivity index (χ0v) is 13.2. The Hall–Kier alpha value is -1.10. The van der Waals surface area contributed by atoms with Crippen molar-refractivity contribution in [1.29, 1.82) is 0 Å². The van der Waals surface area contributed by atoms with Crippen molar-refractivity contribution in [3.8, 4) is 11.5 Å². The molecule has 0 saturated heterocycles. The lowest BCUT2D eigenvalue weighted by Crippen LogP contribution is -2.08. The van der Waals surface area contributed by atoms with Crippen molar-refractivity contribution < 1.29 is 9.13 Å². The van der Waals surface area contributed by atoms with E-state index in [1.165, 1.54) is 12.1 Å². The fourth-order valence-electron chi connectivity index (χ4n) is 1.73. The van der Waals surface area contributed by atoms with E-state index in [4.69, 9.17) is 22.1 Å². The van der Waals surface area contributed by atoms with E-state index in [0.717, 1.165) is 12.0 Å². The van der Waals surface area contributed by atoms with Crippen molar-refractivity contribution in [2.75, 3.05) is 0 Å². The molecule has 2 N–H and O–H groups in total. The van der Waals surface area contributed by atoms with Gasteiger partial charge < -0.3 is 10.5 Å². The molecule has 0 aliphatic heterocycles. The summed E-state index contributed by atoms with van der Waals surface area (Å²) in [4.78, 5) is 0. The van der Waals surface area contributed by atoms with Gasteiger partial charge in [0.15, 0.2) is 0 Å². The third kappa shape index (κ3) is 3.51. The Morgan fingerprint density at radius 2 is 1.95 bits per heavy atom. The SMILES string of the molecule is CCC(N)c1ccc(Oc2cc(F)c(Cl)cc2Br)cc1. The molecule has 0 fully saturated rings. The molecule has 106 valence electrons. The van der Waals surface area contributed by atoms with Crippen LogP contribution in [0.5, 0.6) is 11.5 Å². The molecule has 20 heavy (non-hydrogen) atoms. The summed E-state index contributed by atoms with van der Waals surface area (Å²) in [5, 5.41) is 0.0495. The van der Waals surface area contributed by atoms with Crippen LogP contribution in [-0.2, 0) is 0 Å². The Morgan fingerprint density at radius 1 is 1.30 bits per heavy atom. The molecule has 0 spiro atoms. The minimum absolute atomic E-state index is 0.0174. The molecule has 1 unspecified atom stereocenters. The number of hydrogen-bond acceptors (Lipinski definition) is 2. The van der Waals surface area contributed by atoms with Crippen LogP contribution >= 0.6 is 27.5 Å². The first kappa shape index (κ1) is 15.3. The lowest BCUT2D eigenvalue weighted by molar-refractivity contribution is 0.473. The molecule has 2 aromatic rings. The summed E-state index contributed by atoms with van der Waals surface area (Å²) in [5.41, 5.74) is 6.99. The number of nitrogens with two attached hydrogens (primary N) is 1. The fraction of sp³-hybridized carbons (Fsp3) is 0.200. The van der Waals surface area contributed by atoms with E-state index in [-0.39, 0.29) is 11.1 Å². The van der Waals surface area contributed by atoms with Crippen molar-refractivity contribution in [2.45, 2.75) is 19.4 Å². The maximum absolute atomic E-state index is 13.4. The van der Waals surface area contributed by atoms with Gasteiger partial charge in [0.2, 0.25) is 0 Å². The Bertz CT molecular complexity index is 604. The Morgan fingerprint density at radius 3 is 2.55 bits per heavy atom. The van der Waals surface area contributed by atoms with Crippen LogP contribution in [0.2, 0.25) is 5.02 Å². The fourth-order valence-corrected chi connectivity index (χ4v) is 2.45. The third-order valence-electron chi connectivity index (χ3n) is 2.95. The molecular weight excluding hydrogens is 345 g/mol. The maximum atomic E-state index is 13.4. The predicted octanol–water partition coefficient (Wildman–Crippen LogP) is 5.44. The molecule has 0 amide bonds.